The maximum Gasteiger partial charge on any atom is 0.257 e. The van der Waals surface area contributed by atoms with Gasteiger partial charge in [-0.05, 0) is 29.8 Å². The van der Waals surface area contributed by atoms with E-state index in [0.29, 0.717) is 30.0 Å². The van der Waals surface area contributed by atoms with Crippen LogP contribution in [0, 0.1) is 11.3 Å². The van der Waals surface area contributed by atoms with Gasteiger partial charge in [0.05, 0.1) is 29.1 Å². The van der Waals surface area contributed by atoms with Gasteiger partial charge in [-0.2, -0.15) is 5.26 Å². The number of imidazole rings is 1. The summed E-state index contributed by atoms with van der Waals surface area (Å²) in [4.78, 5) is 23.3. The summed E-state index contributed by atoms with van der Waals surface area (Å²) in [6.07, 6.45) is 5.33. The molecule has 2 aromatic heterocycles. The standard InChI is InChI=1S/C24H20N6O2/c25-12-16-1-3-17(4-2-16)21-14-28-24-27-13-19(15-30(21)24)18-5-6-20(22(31)11-18)23(32)29-9-7-26-8-10-29/h1-6,11,13-15,26,31H,7-10H2. The molecule has 32 heavy (non-hydrogen) atoms. The molecule has 0 radical (unpaired) electrons. The lowest BCUT2D eigenvalue weighted by atomic mass is 10.0. The van der Waals surface area contributed by atoms with Crippen molar-refractivity contribution in [2.45, 2.75) is 0 Å². The molecule has 4 aromatic rings. The highest BCUT2D eigenvalue weighted by atomic mass is 16.3. The first-order chi connectivity index (χ1) is 15.6. The zero-order valence-corrected chi connectivity index (χ0v) is 17.2. The number of carbonyl (C=O) groups excluding carboxylic acids is 1. The molecule has 8 heteroatoms. The van der Waals surface area contributed by atoms with E-state index in [2.05, 4.69) is 21.4 Å². The molecule has 2 N–H and O–H groups in total. The van der Waals surface area contributed by atoms with Gasteiger partial charge < -0.3 is 15.3 Å². The highest BCUT2D eigenvalue weighted by Crippen LogP contribution is 2.29. The lowest BCUT2D eigenvalue weighted by molar-refractivity contribution is 0.0733. The van der Waals surface area contributed by atoms with Crippen molar-refractivity contribution in [3.05, 3.63) is 72.2 Å². The minimum Gasteiger partial charge on any atom is -0.507 e. The van der Waals surface area contributed by atoms with E-state index >= 15 is 0 Å². The van der Waals surface area contributed by atoms with E-state index < -0.39 is 0 Å². The zero-order valence-electron chi connectivity index (χ0n) is 17.2. The van der Waals surface area contributed by atoms with Crippen molar-refractivity contribution < 1.29 is 9.90 Å². The molecule has 5 rings (SSSR count). The largest absolute Gasteiger partial charge is 0.507 e. The number of rotatable bonds is 3. The van der Waals surface area contributed by atoms with E-state index in [1.807, 2.05) is 28.8 Å². The van der Waals surface area contributed by atoms with Gasteiger partial charge in [-0.15, -0.1) is 0 Å². The Morgan fingerprint density at radius 1 is 1.00 bits per heavy atom. The highest BCUT2D eigenvalue weighted by Gasteiger charge is 2.21. The molecule has 1 saturated heterocycles. The summed E-state index contributed by atoms with van der Waals surface area (Å²) in [5.41, 5.74) is 4.16. The lowest BCUT2D eigenvalue weighted by Crippen LogP contribution is -2.46. The molecule has 3 heterocycles. The number of phenols is 1. The molecule has 0 spiro atoms. The number of aromatic nitrogens is 3. The van der Waals surface area contributed by atoms with E-state index in [0.717, 1.165) is 35.5 Å². The summed E-state index contributed by atoms with van der Waals surface area (Å²) in [5.74, 6) is 0.328. The second-order valence-electron chi connectivity index (χ2n) is 7.62. The van der Waals surface area contributed by atoms with Crippen molar-refractivity contribution in [3.63, 3.8) is 0 Å². The van der Waals surface area contributed by atoms with Crippen molar-refractivity contribution >= 4 is 11.7 Å². The van der Waals surface area contributed by atoms with Gasteiger partial charge in [-0.1, -0.05) is 18.2 Å². The van der Waals surface area contributed by atoms with Gasteiger partial charge in [0.15, 0.2) is 0 Å². The number of aromatic hydroxyl groups is 1. The van der Waals surface area contributed by atoms with E-state index in [-0.39, 0.29) is 11.7 Å². The smallest absolute Gasteiger partial charge is 0.257 e. The Hall–Kier alpha value is -4.22. The molecular weight excluding hydrogens is 404 g/mol. The quantitative estimate of drug-likeness (QED) is 0.524. The summed E-state index contributed by atoms with van der Waals surface area (Å²) in [6.45, 7) is 2.75. The van der Waals surface area contributed by atoms with Crippen molar-refractivity contribution in [1.29, 1.82) is 5.26 Å². The molecular formula is C24H20N6O2. The van der Waals surface area contributed by atoms with Gasteiger partial charge in [-0.3, -0.25) is 9.20 Å². The molecule has 8 nitrogen and oxygen atoms in total. The minimum atomic E-state index is -0.165. The van der Waals surface area contributed by atoms with Crippen LogP contribution in [0.15, 0.2) is 61.1 Å². The second-order valence-corrected chi connectivity index (χ2v) is 7.62. The number of piperazine rings is 1. The summed E-state index contributed by atoms with van der Waals surface area (Å²) in [7, 11) is 0. The Bertz CT molecular complexity index is 1350. The average Bonchev–Trinajstić information content (AvgIpc) is 3.27. The summed E-state index contributed by atoms with van der Waals surface area (Å²) in [5, 5.41) is 22.8. The summed E-state index contributed by atoms with van der Waals surface area (Å²) < 4.78 is 1.87. The molecule has 0 aliphatic carbocycles. The maximum absolute atomic E-state index is 12.7. The van der Waals surface area contributed by atoms with Crippen molar-refractivity contribution in [2.75, 3.05) is 26.2 Å². The highest BCUT2D eigenvalue weighted by molar-refractivity contribution is 5.97. The Balaban J connectivity index is 1.48. The number of hydrogen-bond donors (Lipinski definition) is 2. The van der Waals surface area contributed by atoms with Crippen LogP contribution in [-0.2, 0) is 0 Å². The molecule has 1 aliphatic heterocycles. The first kappa shape index (κ1) is 19.7. The fraction of sp³-hybridized carbons (Fsp3) is 0.167. The number of amides is 1. The fourth-order valence-corrected chi connectivity index (χ4v) is 3.88. The number of nitrogens with one attached hydrogen (secondary N) is 1. The van der Waals surface area contributed by atoms with Gasteiger partial charge in [-0.25, -0.2) is 9.97 Å². The molecule has 0 saturated carbocycles. The molecule has 1 fully saturated rings. The predicted molar refractivity (Wildman–Crippen MR) is 119 cm³/mol. The zero-order chi connectivity index (χ0) is 22.1. The van der Waals surface area contributed by atoms with Crippen LogP contribution < -0.4 is 5.32 Å². The van der Waals surface area contributed by atoms with Gasteiger partial charge in [0.2, 0.25) is 5.78 Å². The SMILES string of the molecule is N#Cc1ccc(-c2cnc3ncc(-c4ccc(C(=O)N5CCNCC5)c(O)c4)cn23)cc1. The number of hydrogen-bond acceptors (Lipinski definition) is 6. The Kier molecular flexibility index (Phi) is 5.01. The molecule has 0 unspecified atom stereocenters. The van der Waals surface area contributed by atoms with Crippen LogP contribution in [0.5, 0.6) is 5.75 Å². The first-order valence-corrected chi connectivity index (χ1v) is 10.3. The summed E-state index contributed by atoms with van der Waals surface area (Å²) in [6, 6.07) is 14.5. The number of nitrogens with zero attached hydrogens (tertiary/aromatic N) is 5. The van der Waals surface area contributed by atoms with Crippen LogP contribution in [0.3, 0.4) is 0 Å². The normalized spacial score (nSPS) is 13.8. The molecule has 2 aromatic carbocycles. The summed E-state index contributed by atoms with van der Waals surface area (Å²) >= 11 is 0. The van der Waals surface area contributed by atoms with Crippen LogP contribution in [0.25, 0.3) is 28.2 Å². The van der Waals surface area contributed by atoms with Crippen LogP contribution in [0.4, 0.5) is 0 Å². The Morgan fingerprint density at radius 2 is 1.72 bits per heavy atom. The average molecular weight is 424 g/mol. The number of benzene rings is 2. The van der Waals surface area contributed by atoms with Crippen LogP contribution in [-0.4, -0.2) is 56.5 Å². The van der Waals surface area contributed by atoms with Crippen LogP contribution in [0.2, 0.25) is 0 Å². The molecule has 0 bridgehead atoms. The van der Waals surface area contributed by atoms with E-state index in [1.165, 1.54) is 0 Å². The fourth-order valence-electron chi connectivity index (χ4n) is 3.88. The maximum atomic E-state index is 12.7. The molecule has 0 atom stereocenters. The topological polar surface area (TPSA) is 107 Å². The van der Waals surface area contributed by atoms with Gasteiger partial charge >= 0.3 is 0 Å². The number of phenolic OH excluding ortho intramolecular Hbond substituents is 1. The van der Waals surface area contributed by atoms with Crippen molar-refractivity contribution in [1.82, 2.24) is 24.6 Å². The molecule has 1 aliphatic rings. The van der Waals surface area contributed by atoms with Gasteiger partial charge in [0, 0.05) is 49.7 Å². The third-order valence-corrected chi connectivity index (χ3v) is 5.64. The predicted octanol–water partition coefficient (Wildman–Crippen LogP) is 2.69. The minimum absolute atomic E-state index is 0.0518. The second kappa shape index (κ2) is 8.13. The monoisotopic (exact) mass is 424 g/mol. The third kappa shape index (κ3) is 3.55. The third-order valence-electron chi connectivity index (χ3n) is 5.64. The van der Waals surface area contributed by atoms with Gasteiger partial charge in [0.25, 0.3) is 5.91 Å². The lowest BCUT2D eigenvalue weighted by Gasteiger charge is -2.27. The van der Waals surface area contributed by atoms with Crippen LogP contribution in [0.1, 0.15) is 15.9 Å². The van der Waals surface area contributed by atoms with E-state index in [9.17, 15) is 9.90 Å². The van der Waals surface area contributed by atoms with Crippen LogP contribution >= 0.6 is 0 Å². The van der Waals surface area contributed by atoms with Crippen molar-refractivity contribution in [2.24, 2.45) is 0 Å². The number of fused-ring (bicyclic) bond motifs is 1. The Morgan fingerprint density at radius 3 is 2.44 bits per heavy atom. The Labute approximate surface area is 184 Å². The van der Waals surface area contributed by atoms with Crippen molar-refractivity contribution in [3.8, 4) is 34.2 Å². The van der Waals surface area contributed by atoms with E-state index in [1.54, 1.807) is 41.6 Å². The van der Waals surface area contributed by atoms with Gasteiger partial charge in [0.1, 0.15) is 5.75 Å². The number of nitriles is 1. The molecule has 1 amide bonds. The first-order valence-electron chi connectivity index (χ1n) is 10.3. The number of carbonyl (C=O) groups is 1. The molecule has 158 valence electrons. The van der Waals surface area contributed by atoms with E-state index in [4.69, 9.17) is 5.26 Å².